The quantitative estimate of drug-likeness (QED) is 0.841. The number of ether oxygens (including phenoxy) is 2. The molecule has 0 unspecified atom stereocenters. The molecule has 0 spiro atoms. The Labute approximate surface area is 119 Å². The number of nitrogens with one attached hydrogen (secondary N) is 1. The van der Waals surface area contributed by atoms with Crippen LogP contribution in [0.1, 0.15) is 12.5 Å². The van der Waals surface area contributed by atoms with Gasteiger partial charge in [0, 0.05) is 12.6 Å². The van der Waals surface area contributed by atoms with Crippen molar-refractivity contribution in [3.8, 4) is 11.6 Å². The molecule has 4 nitrogen and oxygen atoms in total. The summed E-state index contributed by atoms with van der Waals surface area (Å²) in [6, 6.07) is 12.0. The van der Waals surface area contributed by atoms with Crippen LogP contribution in [0.2, 0.25) is 0 Å². The molecule has 0 fully saturated rings. The third-order valence-electron chi connectivity index (χ3n) is 2.93. The molecule has 0 bridgehead atoms. The zero-order valence-electron chi connectivity index (χ0n) is 11.9. The third-order valence-corrected chi connectivity index (χ3v) is 2.93. The fourth-order valence-corrected chi connectivity index (χ4v) is 1.86. The van der Waals surface area contributed by atoms with Gasteiger partial charge in [0.2, 0.25) is 5.88 Å². The van der Waals surface area contributed by atoms with E-state index in [1.165, 1.54) is 5.56 Å². The molecular formula is C16H20N2O2. The summed E-state index contributed by atoms with van der Waals surface area (Å²) >= 11 is 0. The number of rotatable bonds is 7. The average molecular weight is 272 g/mol. The Morgan fingerprint density at radius 2 is 1.90 bits per heavy atom. The monoisotopic (exact) mass is 272 g/mol. The highest BCUT2D eigenvalue weighted by molar-refractivity contribution is 5.42. The second kappa shape index (κ2) is 7.38. The predicted octanol–water partition coefficient (Wildman–Crippen LogP) is 3.14. The molecular weight excluding hydrogens is 252 g/mol. The molecule has 0 saturated heterocycles. The second-order valence-corrected chi connectivity index (χ2v) is 4.34. The SMILES string of the molecule is CCOc1ccc(NCCc2ccc(OC)cc2)cn1. The van der Waals surface area contributed by atoms with Gasteiger partial charge >= 0.3 is 0 Å². The van der Waals surface area contributed by atoms with E-state index in [-0.39, 0.29) is 0 Å². The Kier molecular flexibility index (Phi) is 5.24. The minimum atomic E-state index is 0.636. The summed E-state index contributed by atoms with van der Waals surface area (Å²) in [5, 5.41) is 3.34. The van der Waals surface area contributed by atoms with Gasteiger partial charge in [0.1, 0.15) is 5.75 Å². The molecule has 1 aromatic carbocycles. The van der Waals surface area contributed by atoms with Crippen molar-refractivity contribution in [1.82, 2.24) is 4.98 Å². The van der Waals surface area contributed by atoms with E-state index in [1.807, 2.05) is 31.2 Å². The van der Waals surface area contributed by atoms with Gasteiger partial charge in [-0.2, -0.15) is 0 Å². The maximum absolute atomic E-state index is 5.31. The number of hydrogen-bond donors (Lipinski definition) is 1. The van der Waals surface area contributed by atoms with Crippen molar-refractivity contribution in [3.05, 3.63) is 48.2 Å². The smallest absolute Gasteiger partial charge is 0.213 e. The Balaban J connectivity index is 1.79. The van der Waals surface area contributed by atoms with Gasteiger partial charge in [-0.25, -0.2) is 4.98 Å². The highest BCUT2D eigenvalue weighted by atomic mass is 16.5. The summed E-state index contributed by atoms with van der Waals surface area (Å²) in [5.74, 6) is 1.55. The van der Waals surface area contributed by atoms with Crippen molar-refractivity contribution in [2.45, 2.75) is 13.3 Å². The Hall–Kier alpha value is -2.23. The standard InChI is InChI=1S/C16H20N2O2/c1-3-20-16-9-6-14(12-18-16)17-11-10-13-4-7-15(19-2)8-5-13/h4-9,12,17H,3,10-11H2,1-2H3. The lowest BCUT2D eigenvalue weighted by Gasteiger charge is -2.08. The number of anilines is 1. The zero-order valence-corrected chi connectivity index (χ0v) is 11.9. The number of pyridine rings is 1. The zero-order chi connectivity index (χ0) is 14.2. The van der Waals surface area contributed by atoms with E-state index >= 15 is 0 Å². The van der Waals surface area contributed by atoms with Gasteiger partial charge < -0.3 is 14.8 Å². The van der Waals surface area contributed by atoms with Gasteiger partial charge in [-0.1, -0.05) is 12.1 Å². The van der Waals surface area contributed by atoms with E-state index in [9.17, 15) is 0 Å². The average Bonchev–Trinajstić information content (AvgIpc) is 2.50. The van der Waals surface area contributed by atoms with Crippen molar-refractivity contribution in [3.63, 3.8) is 0 Å². The summed E-state index contributed by atoms with van der Waals surface area (Å²) in [6.07, 6.45) is 2.75. The van der Waals surface area contributed by atoms with Crippen molar-refractivity contribution in [2.75, 3.05) is 25.6 Å². The third kappa shape index (κ3) is 4.16. The first-order chi connectivity index (χ1) is 9.81. The topological polar surface area (TPSA) is 43.4 Å². The normalized spacial score (nSPS) is 10.1. The first-order valence-electron chi connectivity index (χ1n) is 6.77. The summed E-state index contributed by atoms with van der Waals surface area (Å²) in [6.45, 7) is 3.45. The molecule has 0 aliphatic rings. The lowest BCUT2D eigenvalue weighted by Crippen LogP contribution is -2.05. The van der Waals surface area contributed by atoms with Crippen LogP contribution >= 0.6 is 0 Å². The first-order valence-corrected chi connectivity index (χ1v) is 6.77. The van der Waals surface area contributed by atoms with E-state index in [4.69, 9.17) is 9.47 Å². The minimum Gasteiger partial charge on any atom is -0.497 e. The Bertz CT molecular complexity index is 509. The maximum Gasteiger partial charge on any atom is 0.213 e. The van der Waals surface area contributed by atoms with Gasteiger partial charge in [-0.3, -0.25) is 0 Å². The van der Waals surface area contributed by atoms with Crippen molar-refractivity contribution >= 4 is 5.69 Å². The van der Waals surface area contributed by atoms with Crippen molar-refractivity contribution in [2.24, 2.45) is 0 Å². The minimum absolute atomic E-state index is 0.636. The molecule has 0 aliphatic heterocycles. The molecule has 0 saturated carbocycles. The highest BCUT2D eigenvalue weighted by Gasteiger charge is 1.97. The number of aromatic nitrogens is 1. The van der Waals surface area contributed by atoms with Crippen molar-refractivity contribution in [1.29, 1.82) is 0 Å². The summed E-state index contributed by atoms with van der Waals surface area (Å²) in [5.41, 5.74) is 2.28. The lowest BCUT2D eigenvalue weighted by atomic mass is 10.1. The Morgan fingerprint density at radius 3 is 2.50 bits per heavy atom. The molecule has 2 rings (SSSR count). The molecule has 0 radical (unpaired) electrons. The first kappa shape index (κ1) is 14.2. The summed E-state index contributed by atoms with van der Waals surface area (Å²) in [4.78, 5) is 4.22. The van der Waals surface area contributed by atoms with Crippen LogP contribution in [0.15, 0.2) is 42.6 Å². The molecule has 1 N–H and O–H groups in total. The molecule has 20 heavy (non-hydrogen) atoms. The highest BCUT2D eigenvalue weighted by Crippen LogP contribution is 2.13. The number of hydrogen-bond acceptors (Lipinski definition) is 4. The van der Waals surface area contributed by atoms with Crippen LogP contribution in [0.3, 0.4) is 0 Å². The summed E-state index contributed by atoms with van der Waals surface area (Å²) in [7, 11) is 1.68. The van der Waals surface area contributed by atoms with Crippen LogP contribution in [0.5, 0.6) is 11.6 Å². The molecule has 1 aromatic heterocycles. The molecule has 2 aromatic rings. The van der Waals surface area contributed by atoms with Crippen LogP contribution in [0.4, 0.5) is 5.69 Å². The molecule has 0 aliphatic carbocycles. The number of nitrogens with zero attached hydrogens (tertiary/aromatic N) is 1. The molecule has 1 heterocycles. The van der Waals surface area contributed by atoms with E-state index in [0.717, 1.165) is 24.4 Å². The fourth-order valence-electron chi connectivity index (χ4n) is 1.86. The van der Waals surface area contributed by atoms with Crippen LogP contribution in [-0.2, 0) is 6.42 Å². The molecule has 0 amide bonds. The van der Waals surface area contributed by atoms with Crippen LogP contribution in [0.25, 0.3) is 0 Å². The second-order valence-electron chi connectivity index (χ2n) is 4.34. The van der Waals surface area contributed by atoms with Gasteiger partial charge in [-0.15, -0.1) is 0 Å². The maximum atomic E-state index is 5.31. The van der Waals surface area contributed by atoms with Gasteiger partial charge in [0.05, 0.1) is 25.6 Å². The molecule has 0 atom stereocenters. The van der Waals surface area contributed by atoms with Crippen LogP contribution in [0, 0.1) is 0 Å². The molecule has 4 heteroatoms. The lowest BCUT2D eigenvalue weighted by molar-refractivity contribution is 0.327. The molecule has 106 valence electrons. The largest absolute Gasteiger partial charge is 0.497 e. The van der Waals surface area contributed by atoms with Gasteiger partial charge in [0.25, 0.3) is 0 Å². The van der Waals surface area contributed by atoms with Gasteiger partial charge in [0.15, 0.2) is 0 Å². The van der Waals surface area contributed by atoms with Crippen molar-refractivity contribution < 1.29 is 9.47 Å². The number of methoxy groups -OCH3 is 1. The van der Waals surface area contributed by atoms with E-state index in [0.29, 0.717) is 12.5 Å². The van der Waals surface area contributed by atoms with E-state index < -0.39 is 0 Å². The van der Waals surface area contributed by atoms with E-state index in [1.54, 1.807) is 13.3 Å². The number of benzene rings is 1. The van der Waals surface area contributed by atoms with Crippen LogP contribution < -0.4 is 14.8 Å². The van der Waals surface area contributed by atoms with E-state index in [2.05, 4.69) is 22.4 Å². The fraction of sp³-hybridized carbons (Fsp3) is 0.312. The predicted molar refractivity (Wildman–Crippen MR) is 80.6 cm³/mol. The van der Waals surface area contributed by atoms with Crippen LogP contribution in [-0.4, -0.2) is 25.2 Å². The van der Waals surface area contributed by atoms with Gasteiger partial charge in [-0.05, 0) is 37.1 Å². The summed E-state index contributed by atoms with van der Waals surface area (Å²) < 4.78 is 10.4. The Morgan fingerprint density at radius 1 is 1.10 bits per heavy atom.